The van der Waals surface area contributed by atoms with E-state index in [-0.39, 0.29) is 0 Å². The number of aromatic nitrogens is 2. The lowest BCUT2D eigenvalue weighted by Crippen LogP contribution is -1.93. The Bertz CT molecular complexity index is 666. The molecule has 1 aliphatic heterocycles. The highest BCUT2D eigenvalue weighted by molar-refractivity contribution is 9.13. The summed E-state index contributed by atoms with van der Waals surface area (Å²) in [5, 5.41) is 0. The molecule has 2 N–H and O–H groups in total. The van der Waals surface area contributed by atoms with E-state index in [9.17, 15) is 0 Å². The summed E-state index contributed by atoms with van der Waals surface area (Å²) in [6.07, 6.45) is 1.80. The average molecular weight is 542 g/mol. The summed E-state index contributed by atoms with van der Waals surface area (Å²) >= 11 is 13.3. The van der Waals surface area contributed by atoms with E-state index in [4.69, 9.17) is 5.73 Å². The third kappa shape index (κ3) is 4.34. The minimum Gasteiger partial charge on any atom is -0.397 e. The Balaban J connectivity index is 0.000000155. The lowest BCUT2D eigenvalue weighted by atomic mass is 10.2. The van der Waals surface area contributed by atoms with Crippen molar-refractivity contribution in [3.8, 4) is 0 Å². The van der Waals surface area contributed by atoms with Crippen molar-refractivity contribution in [3.05, 3.63) is 47.2 Å². The molecule has 0 saturated carbocycles. The summed E-state index contributed by atoms with van der Waals surface area (Å²) < 4.78 is 3.50. The van der Waals surface area contributed by atoms with Crippen molar-refractivity contribution >= 4 is 75.6 Å². The van der Waals surface area contributed by atoms with E-state index in [0.717, 1.165) is 36.1 Å². The molecule has 1 aliphatic rings. The fourth-order valence-electron chi connectivity index (χ4n) is 1.55. The van der Waals surface area contributed by atoms with Crippen LogP contribution in [-0.2, 0) is 6.54 Å². The van der Waals surface area contributed by atoms with Gasteiger partial charge in [0.1, 0.15) is 9.21 Å². The highest BCUT2D eigenvalue weighted by Crippen LogP contribution is 2.25. The first-order chi connectivity index (χ1) is 9.88. The van der Waals surface area contributed by atoms with E-state index in [1.165, 1.54) is 5.56 Å². The number of aliphatic imine (C=N–C) groups is 1. The van der Waals surface area contributed by atoms with Gasteiger partial charge in [-0.3, -0.25) is 4.99 Å². The SMILES string of the molecule is Brc1cc2c(nc1Br)C=NC2.Cc1nc(Br)c(Br)cc1N. The van der Waals surface area contributed by atoms with Crippen LogP contribution in [0.4, 0.5) is 5.69 Å². The number of hydrogen-bond donors (Lipinski definition) is 1. The van der Waals surface area contributed by atoms with Gasteiger partial charge in [-0.2, -0.15) is 0 Å². The van der Waals surface area contributed by atoms with Gasteiger partial charge in [-0.05, 0) is 82.8 Å². The average Bonchev–Trinajstić information content (AvgIpc) is 2.85. The molecule has 0 fully saturated rings. The highest BCUT2D eigenvalue weighted by atomic mass is 79.9. The van der Waals surface area contributed by atoms with Crippen LogP contribution >= 0.6 is 63.7 Å². The van der Waals surface area contributed by atoms with E-state index in [1.54, 1.807) is 6.21 Å². The molecular formula is C13H10Br4N4. The molecule has 0 radical (unpaired) electrons. The first-order valence-electron chi connectivity index (χ1n) is 5.81. The van der Waals surface area contributed by atoms with Crippen LogP contribution in [0.3, 0.4) is 0 Å². The van der Waals surface area contributed by atoms with Gasteiger partial charge in [-0.25, -0.2) is 9.97 Å². The van der Waals surface area contributed by atoms with Crippen molar-refractivity contribution in [2.24, 2.45) is 4.99 Å². The molecule has 8 heteroatoms. The van der Waals surface area contributed by atoms with Gasteiger partial charge in [0, 0.05) is 11.8 Å². The van der Waals surface area contributed by atoms with Gasteiger partial charge in [-0.15, -0.1) is 0 Å². The van der Waals surface area contributed by atoms with Gasteiger partial charge in [0.2, 0.25) is 0 Å². The Labute approximate surface area is 156 Å². The first kappa shape index (κ1) is 17.1. The summed E-state index contributed by atoms with van der Waals surface area (Å²) in [5.74, 6) is 0. The molecule has 0 aliphatic carbocycles. The Kier molecular flexibility index (Phi) is 5.93. The molecule has 3 rings (SSSR count). The summed E-state index contributed by atoms with van der Waals surface area (Å²) in [6, 6.07) is 3.87. The molecule has 21 heavy (non-hydrogen) atoms. The van der Waals surface area contributed by atoms with E-state index in [0.29, 0.717) is 5.69 Å². The van der Waals surface area contributed by atoms with Crippen LogP contribution in [-0.4, -0.2) is 16.2 Å². The summed E-state index contributed by atoms with van der Waals surface area (Å²) in [5.41, 5.74) is 9.28. The molecule has 0 bridgehead atoms. The van der Waals surface area contributed by atoms with E-state index >= 15 is 0 Å². The molecular weight excluding hydrogens is 532 g/mol. The molecule has 0 atom stereocenters. The number of nitrogens with zero attached hydrogens (tertiary/aromatic N) is 3. The van der Waals surface area contributed by atoms with Crippen molar-refractivity contribution in [2.45, 2.75) is 13.5 Å². The number of halogens is 4. The molecule has 0 amide bonds. The summed E-state index contributed by atoms with van der Waals surface area (Å²) in [4.78, 5) is 12.5. The Morgan fingerprint density at radius 2 is 1.62 bits per heavy atom. The standard InChI is InChI=1S/C7H4Br2N2.C6H6Br2N2/c8-5-1-4-2-10-3-6(4)11-7(5)9;1-3-5(9)2-4(7)6(8)10-3/h1,3H,2H2;2H,9H2,1H3. The van der Waals surface area contributed by atoms with Crippen molar-refractivity contribution in [1.82, 2.24) is 9.97 Å². The van der Waals surface area contributed by atoms with Gasteiger partial charge in [0.05, 0.1) is 32.6 Å². The molecule has 2 aromatic heterocycles. The summed E-state index contributed by atoms with van der Waals surface area (Å²) in [6.45, 7) is 2.63. The molecule has 0 aromatic carbocycles. The lowest BCUT2D eigenvalue weighted by Gasteiger charge is -2.00. The number of hydrogen-bond acceptors (Lipinski definition) is 4. The normalized spacial score (nSPS) is 11.9. The van der Waals surface area contributed by atoms with Crippen LogP contribution in [0, 0.1) is 6.92 Å². The molecule has 4 nitrogen and oxygen atoms in total. The van der Waals surface area contributed by atoms with Gasteiger partial charge in [0.15, 0.2) is 0 Å². The maximum atomic E-state index is 5.58. The fraction of sp³-hybridized carbons (Fsp3) is 0.154. The monoisotopic (exact) mass is 538 g/mol. The van der Waals surface area contributed by atoms with Crippen LogP contribution in [0.2, 0.25) is 0 Å². The van der Waals surface area contributed by atoms with Crippen LogP contribution in [0.25, 0.3) is 0 Å². The Morgan fingerprint density at radius 3 is 2.29 bits per heavy atom. The van der Waals surface area contributed by atoms with Crippen LogP contribution in [0.1, 0.15) is 17.0 Å². The number of anilines is 1. The van der Waals surface area contributed by atoms with Gasteiger partial charge >= 0.3 is 0 Å². The second kappa shape index (κ2) is 7.30. The van der Waals surface area contributed by atoms with Gasteiger partial charge in [-0.1, -0.05) is 0 Å². The number of fused-ring (bicyclic) bond motifs is 1. The maximum absolute atomic E-state index is 5.58. The van der Waals surface area contributed by atoms with Crippen LogP contribution < -0.4 is 5.73 Å². The van der Waals surface area contributed by atoms with Gasteiger partial charge in [0.25, 0.3) is 0 Å². The smallest absolute Gasteiger partial charge is 0.121 e. The Morgan fingerprint density at radius 1 is 1.00 bits per heavy atom. The molecule has 2 aromatic rings. The molecule has 0 saturated heterocycles. The van der Waals surface area contributed by atoms with Crippen molar-refractivity contribution in [3.63, 3.8) is 0 Å². The first-order valence-corrected chi connectivity index (χ1v) is 8.98. The maximum Gasteiger partial charge on any atom is 0.121 e. The number of nitrogens with two attached hydrogens (primary N) is 1. The topological polar surface area (TPSA) is 64.2 Å². The zero-order valence-corrected chi connectivity index (χ0v) is 17.2. The second-order valence-electron chi connectivity index (χ2n) is 4.21. The summed E-state index contributed by atoms with van der Waals surface area (Å²) in [7, 11) is 0. The van der Waals surface area contributed by atoms with E-state index in [1.807, 2.05) is 19.1 Å². The zero-order chi connectivity index (χ0) is 15.6. The van der Waals surface area contributed by atoms with E-state index < -0.39 is 0 Å². The molecule has 0 spiro atoms. The number of pyridine rings is 2. The third-order valence-corrected chi connectivity index (χ3v) is 6.17. The second-order valence-corrected chi connectivity index (χ2v) is 7.42. The molecule has 110 valence electrons. The van der Waals surface area contributed by atoms with Crippen molar-refractivity contribution < 1.29 is 0 Å². The minimum atomic E-state index is 0.704. The lowest BCUT2D eigenvalue weighted by molar-refractivity contribution is 1.08. The number of nitrogen functional groups attached to an aromatic ring is 1. The van der Waals surface area contributed by atoms with Crippen LogP contribution in [0.5, 0.6) is 0 Å². The highest BCUT2D eigenvalue weighted by Gasteiger charge is 2.10. The largest absolute Gasteiger partial charge is 0.397 e. The van der Waals surface area contributed by atoms with E-state index in [2.05, 4.69) is 78.7 Å². The zero-order valence-electron chi connectivity index (χ0n) is 10.9. The fourth-order valence-corrected chi connectivity index (χ4v) is 2.94. The molecule has 3 heterocycles. The number of rotatable bonds is 0. The Hall–Kier alpha value is -0.310. The minimum absolute atomic E-state index is 0.704. The predicted molar refractivity (Wildman–Crippen MR) is 99.7 cm³/mol. The number of aryl methyl sites for hydroxylation is 1. The molecule has 0 unspecified atom stereocenters. The third-order valence-electron chi connectivity index (χ3n) is 2.68. The van der Waals surface area contributed by atoms with Crippen LogP contribution in [0.15, 0.2) is 35.3 Å². The van der Waals surface area contributed by atoms with Gasteiger partial charge < -0.3 is 5.73 Å². The quantitative estimate of drug-likeness (QED) is 0.476. The van der Waals surface area contributed by atoms with Crippen molar-refractivity contribution in [2.75, 3.05) is 5.73 Å². The van der Waals surface area contributed by atoms with Crippen molar-refractivity contribution in [1.29, 1.82) is 0 Å². The predicted octanol–water partition coefficient (Wildman–Crippen LogP) is 5.04.